The molecular formula is C13H21N3. The Bertz CT molecular complexity index is 359. The largest absolute Gasteiger partial charge is 0.325 e. The summed E-state index contributed by atoms with van der Waals surface area (Å²) in [5.41, 5.74) is 8.27. The first-order valence-corrected chi connectivity index (χ1v) is 6.67. The lowest BCUT2D eigenvalue weighted by Crippen LogP contribution is -2.21. The number of hydrogen-bond donors (Lipinski definition) is 1. The Morgan fingerprint density at radius 3 is 2.50 bits per heavy atom. The molecule has 1 aromatic heterocycles. The standard InChI is InChI=1S/C13H21N3/c14-9-11-8-13(10-4-1-2-5-10)16(15-11)12-6-3-7-12/h8,10,12H,1-7,9,14H2. The Kier molecular flexibility index (Phi) is 2.72. The fourth-order valence-corrected chi connectivity index (χ4v) is 3.01. The van der Waals surface area contributed by atoms with Gasteiger partial charge in [0.25, 0.3) is 0 Å². The lowest BCUT2D eigenvalue weighted by molar-refractivity contribution is 0.277. The summed E-state index contributed by atoms with van der Waals surface area (Å²) < 4.78 is 2.31. The molecule has 2 N–H and O–H groups in total. The molecule has 0 spiro atoms. The molecule has 88 valence electrons. The van der Waals surface area contributed by atoms with Gasteiger partial charge in [0, 0.05) is 18.2 Å². The van der Waals surface area contributed by atoms with E-state index in [1.165, 1.54) is 50.6 Å². The van der Waals surface area contributed by atoms with Gasteiger partial charge >= 0.3 is 0 Å². The molecule has 16 heavy (non-hydrogen) atoms. The number of nitrogens with two attached hydrogens (primary N) is 1. The summed E-state index contributed by atoms with van der Waals surface area (Å²) in [6.45, 7) is 0.583. The fourth-order valence-electron chi connectivity index (χ4n) is 3.01. The molecule has 0 amide bonds. The van der Waals surface area contributed by atoms with E-state index in [9.17, 15) is 0 Å². The molecule has 0 aliphatic heterocycles. The van der Waals surface area contributed by atoms with Gasteiger partial charge in [0.05, 0.1) is 11.7 Å². The minimum Gasteiger partial charge on any atom is -0.325 e. The van der Waals surface area contributed by atoms with Crippen LogP contribution in [-0.4, -0.2) is 9.78 Å². The molecule has 3 heteroatoms. The number of nitrogens with zero attached hydrogens (tertiary/aromatic N) is 2. The van der Waals surface area contributed by atoms with Crippen molar-refractivity contribution in [2.24, 2.45) is 5.73 Å². The third-order valence-electron chi connectivity index (χ3n) is 4.22. The first-order chi connectivity index (χ1) is 7.88. The first kappa shape index (κ1) is 10.3. The summed E-state index contributed by atoms with van der Waals surface area (Å²) in [5.74, 6) is 0.758. The van der Waals surface area contributed by atoms with E-state index in [4.69, 9.17) is 5.73 Å². The fraction of sp³-hybridized carbons (Fsp3) is 0.769. The molecule has 2 fully saturated rings. The molecule has 2 aliphatic carbocycles. The van der Waals surface area contributed by atoms with Crippen LogP contribution in [0.15, 0.2) is 6.07 Å². The summed E-state index contributed by atoms with van der Waals surface area (Å²) in [7, 11) is 0. The Balaban J connectivity index is 1.90. The second-order valence-corrected chi connectivity index (χ2v) is 5.28. The van der Waals surface area contributed by atoms with Crippen LogP contribution in [0.3, 0.4) is 0 Å². The van der Waals surface area contributed by atoms with Crippen LogP contribution in [0, 0.1) is 0 Å². The molecule has 0 aromatic carbocycles. The molecule has 3 nitrogen and oxygen atoms in total. The van der Waals surface area contributed by atoms with Crippen molar-refractivity contribution in [3.63, 3.8) is 0 Å². The smallest absolute Gasteiger partial charge is 0.0763 e. The molecule has 0 saturated heterocycles. The van der Waals surface area contributed by atoms with Crippen LogP contribution in [0.4, 0.5) is 0 Å². The highest BCUT2D eigenvalue weighted by atomic mass is 15.3. The third kappa shape index (κ3) is 1.67. The van der Waals surface area contributed by atoms with Crippen LogP contribution in [0.1, 0.15) is 68.3 Å². The normalized spacial score (nSPS) is 22.6. The van der Waals surface area contributed by atoms with E-state index in [2.05, 4.69) is 15.8 Å². The Labute approximate surface area is 97.0 Å². The van der Waals surface area contributed by atoms with Gasteiger partial charge in [0.15, 0.2) is 0 Å². The average molecular weight is 219 g/mol. The van der Waals surface area contributed by atoms with Gasteiger partial charge in [-0.15, -0.1) is 0 Å². The van der Waals surface area contributed by atoms with Crippen molar-refractivity contribution >= 4 is 0 Å². The molecule has 1 aromatic rings. The molecule has 2 aliphatic rings. The Morgan fingerprint density at radius 1 is 1.19 bits per heavy atom. The molecule has 2 saturated carbocycles. The van der Waals surface area contributed by atoms with Gasteiger partial charge < -0.3 is 5.73 Å². The van der Waals surface area contributed by atoms with E-state index in [1.807, 2.05) is 0 Å². The lowest BCUT2D eigenvalue weighted by atomic mass is 9.92. The number of hydrogen-bond acceptors (Lipinski definition) is 2. The zero-order chi connectivity index (χ0) is 11.0. The van der Waals surface area contributed by atoms with Crippen LogP contribution >= 0.6 is 0 Å². The van der Waals surface area contributed by atoms with Crippen molar-refractivity contribution in [3.8, 4) is 0 Å². The minimum atomic E-state index is 0.583. The predicted octanol–water partition coefficient (Wildman–Crippen LogP) is 2.72. The molecule has 3 rings (SSSR count). The maximum atomic E-state index is 5.71. The Morgan fingerprint density at radius 2 is 1.94 bits per heavy atom. The predicted molar refractivity (Wildman–Crippen MR) is 64.2 cm³/mol. The Hall–Kier alpha value is -0.830. The topological polar surface area (TPSA) is 43.8 Å². The molecule has 0 unspecified atom stereocenters. The monoisotopic (exact) mass is 219 g/mol. The van der Waals surface area contributed by atoms with Crippen LogP contribution in [-0.2, 0) is 6.54 Å². The molecule has 1 heterocycles. The second kappa shape index (κ2) is 4.21. The third-order valence-corrected chi connectivity index (χ3v) is 4.22. The highest BCUT2D eigenvalue weighted by Crippen LogP contribution is 2.39. The zero-order valence-corrected chi connectivity index (χ0v) is 9.86. The van der Waals surface area contributed by atoms with E-state index in [-0.39, 0.29) is 0 Å². The van der Waals surface area contributed by atoms with Crippen molar-refractivity contribution in [3.05, 3.63) is 17.5 Å². The van der Waals surface area contributed by atoms with Gasteiger partial charge in [0.2, 0.25) is 0 Å². The summed E-state index contributed by atoms with van der Waals surface area (Å²) in [4.78, 5) is 0. The van der Waals surface area contributed by atoms with Crippen molar-refractivity contribution in [1.29, 1.82) is 0 Å². The SMILES string of the molecule is NCc1cc(C2CCCC2)n(C2CCC2)n1. The quantitative estimate of drug-likeness (QED) is 0.849. The molecule has 0 radical (unpaired) electrons. The second-order valence-electron chi connectivity index (χ2n) is 5.28. The van der Waals surface area contributed by atoms with Crippen LogP contribution in [0.2, 0.25) is 0 Å². The van der Waals surface area contributed by atoms with Gasteiger partial charge in [-0.1, -0.05) is 12.8 Å². The summed E-state index contributed by atoms with van der Waals surface area (Å²) >= 11 is 0. The minimum absolute atomic E-state index is 0.583. The van der Waals surface area contributed by atoms with Crippen molar-refractivity contribution in [1.82, 2.24) is 9.78 Å². The van der Waals surface area contributed by atoms with Gasteiger partial charge in [-0.25, -0.2) is 0 Å². The van der Waals surface area contributed by atoms with E-state index in [0.717, 1.165) is 11.6 Å². The summed E-state index contributed by atoms with van der Waals surface area (Å²) in [6, 6.07) is 2.93. The number of rotatable bonds is 3. The van der Waals surface area contributed by atoms with Gasteiger partial charge in [-0.3, -0.25) is 4.68 Å². The van der Waals surface area contributed by atoms with E-state index < -0.39 is 0 Å². The summed E-state index contributed by atoms with van der Waals surface area (Å²) in [6.07, 6.45) is 9.46. The van der Waals surface area contributed by atoms with E-state index in [1.54, 1.807) is 0 Å². The van der Waals surface area contributed by atoms with E-state index >= 15 is 0 Å². The van der Waals surface area contributed by atoms with Crippen molar-refractivity contribution in [2.75, 3.05) is 0 Å². The summed E-state index contributed by atoms with van der Waals surface area (Å²) in [5, 5.41) is 4.69. The molecule has 0 atom stereocenters. The highest BCUT2D eigenvalue weighted by Gasteiger charge is 2.28. The van der Waals surface area contributed by atoms with E-state index in [0.29, 0.717) is 12.6 Å². The average Bonchev–Trinajstić information content (AvgIpc) is 2.81. The van der Waals surface area contributed by atoms with Crippen LogP contribution < -0.4 is 5.73 Å². The van der Waals surface area contributed by atoms with Crippen molar-refractivity contribution < 1.29 is 0 Å². The van der Waals surface area contributed by atoms with Gasteiger partial charge in [-0.2, -0.15) is 5.10 Å². The van der Waals surface area contributed by atoms with Crippen LogP contribution in [0.5, 0.6) is 0 Å². The maximum absolute atomic E-state index is 5.71. The van der Waals surface area contributed by atoms with Gasteiger partial charge in [0.1, 0.15) is 0 Å². The molecular weight excluding hydrogens is 198 g/mol. The lowest BCUT2D eigenvalue weighted by Gasteiger charge is -2.28. The van der Waals surface area contributed by atoms with Crippen molar-refractivity contribution in [2.45, 2.75) is 63.5 Å². The van der Waals surface area contributed by atoms with Crippen LogP contribution in [0.25, 0.3) is 0 Å². The van der Waals surface area contributed by atoms with Gasteiger partial charge in [-0.05, 0) is 38.2 Å². The highest BCUT2D eigenvalue weighted by molar-refractivity contribution is 5.17. The first-order valence-electron chi connectivity index (χ1n) is 6.67. The number of aromatic nitrogens is 2. The maximum Gasteiger partial charge on any atom is 0.0763 e. The zero-order valence-electron chi connectivity index (χ0n) is 9.86. The molecule has 0 bridgehead atoms.